The summed E-state index contributed by atoms with van der Waals surface area (Å²) < 4.78 is 0. The first-order valence-corrected chi connectivity index (χ1v) is 10.7. The maximum absolute atomic E-state index is 9.52. The summed E-state index contributed by atoms with van der Waals surface area (Å²) in [6.45, 7) is 3.52. The summed E-state index contributed by atoms with van der Waals surface area (Å²) in [5, 5.41) is 13.0. The molecule has 0 spiro atoms. The van der Waals surface area contributed by atoms with E-state index in [1.54, 1.807) is 0 Å². The first-order chi connectivity index (χ1) is 12.4. The Bertz CT molecular complexity index is 379. The Morgan fingerprint density at radius 2 is 1.28 bits per heavy atom. The molecule has 0 saturated heterocycles. The van der Waals surface area contributed by atoms with E-state index in [1.807, 2.05) is 6.07 Å². The molecule has 0 aliphatic carbocycles. The van der Waals surface area contributed by atoms with E-state index < -0.39 is 0 Å². The van der Waals surface area contributed by atoms with Crippen molar-refractivity contribution >= 4 is 0 Å². The highest BCUT2D eigenvalue weighted by Crippen LogP contribution is 2.11. The third kappa shape index (κ3) is 13.1. The van der Waals surface area contributed by atoms with Crippen molar-refractivity contribution in [3.63, 3.8) is 0 Å². The largest absolute Gasteiger partial charge is 0.395 e. The molecule has 0 unspecified atom stereocenters. The van der Waals surface area contributed by atoms with Crippen LogP contribution in [0.5, 0.6) is 0 Å². The van der Waals surface area contributed by atoms with Gasteiger partial charge < -0.3 is 10.4 Å². The van der Waals surface area contributed by atoms with Gasteiger partial charge in [0.2, 0.25) is 0 Å². The highest BCUT2D eigenvalue weighted by molar-refractivity contribution is 5.15. The number of nitrogens with one attached hydrogen (secondary N) is 1. The Morgan fingerprint density at radius 3 is 1.80 bits per heavy atom. The molecular formula is C23H41NO. The minimum atomic E-state index is 0.190. The second kappa shape index (κ2) is 16.6. The van der Waals surface area contributed by atoms with E-state index in [2.05, 4.69) is 36.5 Å². The molecule has 0 aliphatic rings. The third-order valence-corrected chi connectivity index (χ3v) is 5.01. The van der Waals surface area contributed by atoms with E-state index in [0.29, 0.717) is 0 Å². The van der Waals surface area contributed by atoms with Crippen LogP contribution in [0, 0.1) is 0 Å². The molecule has 2 N–H and O–H groups in total. The number of hydrogen-bond donors (Lipinski definition) is 2. The molecule has 0 fully saturated rings. The van der Waals surface area contributed by atoms with Crippen molar-refractivity contribution in [2.75, 3.05) is 13.2 Å². The summed E-state index contributed by atoms with van der Waals surface area (Å²) in [6, 6.07) is 10.6. The Kier molecular flexibility index (Phi) is 14.7. The van der Waals surface area contributed by atoms with Gasteiger partial charge in [-0.15, -0.1) is 0 Å². The van der Waals surface area contributed by atoms with Crippen molar-refractivity contribution in [1.82, 2.24) is 5.32 Å². The fraction of sp³-hybridized carbons (Fsp3) is 0.739. The first-order valence-electron chi connectivity index (χ1n) is 10.7. The summed E-state index contributed by atoms with van der Waals surface area (Å²) in [4.78, 5) is 0. The van der Waals surface area contributed by atoms with Crippen molar-refractivity contribution in [2.45, 2.75) is 96.4 Å². The molecule has 25 heavy (non-hydrogen) atoms. The molecule has 144 valence electrons. The van der Waals surface area contributed by atoms with Crippen LogP contribution in [0.15, 0.2) is 30.3 Å². The highest BCUT2D eigenvalue weighted by atomic mass is 16.3. The van der Waals surface area contributed by atoms with Gasteiger partial charge in [0.1, 0.15) is 0 Å². The fourth-order valence-electron chi connectivity index (χ4n) is 3.37. The molecule has 0 aliphatic heterocycles. The van der Waals surface area contributed by atoms with Gasteiger partial charge in [-0.3, -0.25) is 0 Å². The molecule has 1 aromatic rings. The Balaban J connectivity index is 1.87. The van der Waals surface area contributed by atoms with E-state index >= 15 is 0 Å². The molecule has 2 nitrogen and oxygen atoms in total. The minimum absolute atomic E-state index is 0.190. The van der Waals surface area contributed by atoms with Crippen LogP contribution < -0.4 is 5.32 Å². The van der Waals surface area contributed by atoms with Gasteiger partial charge in [-0.05, 0) is 24.9 Å². The van der Waals surface area contributed by atoms with E-state index in [-0.39, 0.29) is 12.6 Å². The maximum Gasteiger partial charge on any atom is 0.0587 e. The van der Waals surface area contributed by atoms with Gasteiger partial charge in [-0.2, -0.15) is 0 Å². The van der Waals surface area contributed by atoms with E-state index in [0.717, 1.165) is 13.0 Å². The molecule has 1 atom stereocenters. The lowest BCUT2D eigenvalue weighted by molar-refractivity contribution is 0.241. The monoisotopic (exact) mass is 347 g/mol. The number of aliphatic hydroxyl groups excluding tert-OH is 1. The minimum Gasteiger partial charge on any atom is -0.395 e. The van der Waals surface area contributed by atoms with Crippen LogP contribution in [-0.4, -0.2) is 24.3 Å². The predicted molar refractivity (Wildman–Crippen MR) is 110 cm³/mol. The normalized spacial score (nSPS) is 12.4. The lowest BCUT2D eigenvalue weighted by Gasteiger charge is -2.16. The van der Waals surface area contributed by atoms with Crippen molar-refractivity contribution < 1.29 is 5.11 Å². The van der Waals surface area contributed by atoms with Crippen LogP contribution in [0.2, 0.25) is 0 Å². The van der Waals surface area contributed by atoms with E-state index in [1.165, 1.54) is 82.6 Å². The van der Waals surface area contributed by atoms with Crippen LogP contribution in [0.1, 0.15) is 89.5 Å². The zero-order chi connectivity index (χ0) is 18.0. The van der Waals surface area contributed by atoms with Crippen LogP contribution in [0.4, 0.5) is 0 Å². The van der Waals surface area contributed by atoms with Crippen LogP contribution in [-0.2, 0) is 6.42 Å². The van der Waals surface area contributed by atoms with Crippen molar-refractivity contribution in [2.24, 2.45) is 0 Å². The molecule has 0 amide bonds. The third-order valence-electron chi connectivity index (χ3n) is 5.01. The number of benzene rings is 1. The number of unbranched alkanes of at least 4 members (excludes halogenated alkanes) is 11. The topological polar surface area (TPSA) is 32.3 Å². The lowest BCUT2D eigenvalue weighted by atomic mass is 10.0. The summed E-state index contributed by atoms with van der Waals surface area (Å²) in [6.07, 6.45) is 17.5. The molecule has 0 bridgehead atoms. The van der Waals surface area contributed by atoms with Crippen molar-refractivity contribution in [3.05, 3.63) is 35.9 Å². The smallest absolute Gasteiger partial charge is 0.0587 e. The molecule has 0 radical (unpaired) electrons. The fourth-order valence-corrected chi connectivity index (χ4v) is 3.37. The van der Waals surface area contributed by atoms with Gasteiger partial charge in [0.15, 0.2) is 0 Å². The summed E-state index contributed by atoms with van der Waals surface area (Å²) in [5.41, 5.74) is 1.30. The average Bonchev–Trinajstić information content (AvgIpc) is 2.65. The van der Waals surface area contributed by atoms with Crippen molar-refractivity contribution in [1.29, 1.82) is 0 Å². The van der Waals surface area contributed by atoms with Crippen LogP contribution in [0.3, 0.4) is 0 Å². The molecule has 0 heterocycles. The zero-order valence-corrected chi connectivity index (χ0v) is 16.5. The van der Waals surface area contributed by atoms with E-state index in [9.17, 15) is 5.11 Å². The molecular weight excluding hydrogens is 306 g/mol. The van der Waals surface area contributed by atoms with Crippen molar-refractivity contribution in [3.8, 4) is 0 Å². The molecule has 0 saturated carbocycles. The summed E-state index contributed by atoms with van der Waals surface area (Å²) >= 11 is 0. The Morgan fingerprint density at radius 1 is 0.760 bits per heavy atom. The Labute approximate surface area is 156 Å². The Hall–Kier alpha value is -0.860. The quantitative estimate of drug-likeness (QED) is 0.345. The molecule has 2 heteroatoms. The van der Waals surface area contributed by atoms with E-state index in [4.69, 9.17) is 0 Å². The van der Waals surface area contributed by atoms with Gasteiger partial charge in [-0.1, -0.05) is 108 Å². The second-order valence-corrected chi connectivity index (χ2v) is 7.41. The molecule has 1 aromatic carbocycles. The average molecular weight is 348 g/mol. The number of rotatable bonds is 17. The summed E-state index contributed by atoms with van der Waals surface area (Å²) in [5.74, 6) is 0. The molecule has 1 rings (SSSR count). The maximum atomic E-state index is 9.52. The second-order valence-electron chi connectivity index (χ2n) is 7.41. The SMILES string of the molecule is CCCCCCCCCCCCCCN[C@@H](CO)Cc1ccccc1. The van der Waals surface area contributed by atoms with Crippen LogP contribution in [0.25, 0.3) is 0 Å². The zero-order valence-electron chi connectivity index (χ0n) is 16.5. The van der Waals surface area contributed by atoms with Gasteiger partial charge in [0.25, 0.3) is 0 Å². The lowest BCUT2D eigenvalue weighted by Crippen LogP contribution is -2.35. The number of hydrogen-bond acceptors (Lipinski definition) is 2. The number of aliphatic hydroxyl groups is 1. The van der Waals surface area contributed by atoms with Gasteiger partial charge in [0, 0.05) is 6.04 Å². The standard InChI is InChI=1S/C23H41NO/c1-2-3-4-5-6-7-8-9-10-11-12-16-19-24-23(21-25)20-22-17-14-13-15-18-22/h13-15,17-18,23-25H,2-12,16,19-21H2,1H3/t23-/m1/s1. The van der Waals surface area contributed by atoms with Gasteiger partial charge in [0.05, 0.1) is 6.61 Å². The molecule has 0 aromatic heterocycles. The first kappa shape index (κ1) is 22.2. The predicted octanol–water partition coefficient (Wildman–Crippen LogP) is 5.88. The van der Waals surface area contributed by atoms with Gasteiger partial charge >= 0.3 is 0 Å². The summed E-state index contributed by atoms with van der Waals surface area (Å²) in [7, 11) is 0. The van der Waals surface area contributed by atoms with Gasteiger partial charge in [-0.25, -0.2) is 0 Å². The highest BCUT2D eigenvalue weighted by Gasteiger charge is 2.06. The van der Waals surface area contributed by atoms with Crippen LogP contribution >= 0.6 is 0 Å².